The van der Waals surface area contributed by atoms with Crippen molar-refractivity contribution in [3.63, 3.8) is 0 Å². The third kappa shape index (κ3) is 4.60. The zero-order valence-corrected chi connectivity index (χ0v) is 14.4. The zero-order valence-electron chi connectivity index (χ0n) is 14.4. The second-order valence-electron chi connectivity index (χ2n) is 6.63. The SMILES string of the molecule is Cc1ccc(CCC(=O)Nc2ccc(N3CCCCC3)cc2)cc1. The van der Waals surface area contributed by atoms with Crippen molar-refractivity contribution >= 4 is 17.3 Å². The van der Waals surface area contributed by atoms with Gasteiger partial charge in [0.25, 0.3) is 0 Å². The molecule has 1 fully saturated rings. The molecule has 0 bridgehead atoms. The number of hydrogen-bond acceptors (Lipinski definition) is 2. The summed E-state index contributed by atoms with van der Waals surface area (Å²) >= 11 is 0. The summed E-state index contributed by atoms with van der Waals surface area (Å²) in [5.74, 6) is 0.0706. The Kier molecular flexibility index (Phi) is 5.52. The maximum atomic E-state index is 12.1. The van der Waals surface area contributed by atoms with Crippen LogP contribution >= 0.6 is 0 Å². The molecule has 2 aromatic carbocycles. The standard InChI is InChI=1S/C21H26N2O/c1-17-5-7-18(8-6-17)9-14-21(24)22-19-10-12-20(13-11-19)23-15-3-2-4-16-23/h5-8,10-13H,2-4,9,14-16H2,1H3,(H,22,24). The van der Waals surface area contributed by atoms with Crippen LogP contribution in [0.2, 0.25) is 0 Å². The van der Waals surface area contributed by atoms with Gasteiger partial charge in [0.1, 0.15) is 0 Å². The van der Waals surface area contributed by atoms with Crippen molar-refractivity contribution in [3.05, 3.63) is 59.7 Å². The third-order valence-electron chi connectivity index (χ3n) is 4.63. The fourth-order valence-electron chi connectivity index (χ4n) is 3.14. The van der Waals surface area contributed by atoms with E-state index >= 15 is 0 Å². The van der Waals surface area contributed by atoms with Crippen molar-refractivity contribution in [1.29, 1.82) is 0 Å². The Balaban J connectivity index is 1.49. The average molecular weight is 322 g/mol. The molecule has 1 aliphatic heterocycles. The molecular weight excluding hydrogens is 296 g/mol. The summed E-state index contributed by atoms with van der Waals surface area (Å²) in [6.45, 7) is 4.36. The number of amides is 1. The van der Waals surface area contributed by atoms with E-state index in [0.717, 1.165) is 25.2 Å². The van der Waals surface area contributed by atoms with Crippen LogP contribution < -0.4 is 10.2 Å². The van der Waals surface area contributed by atoms with E-state index in [-0.39, 0.29) is 5.91 Å². The summed E-state index contributed by atoms with van der Waals surface area (Å²) in [7, 11) is 0. The minimum absolute atomic E-state index is 0.0706. The van der Waals surface area contributed by atoms with Crippen molar-refractivity contribution in [3.8, 4) is 0 Å². The lowest BCUT2D eigenvalue weighted by Gasteiger charge is -2.28. The van der Waals surface area contributed by atoms with E-state index in [9.17, 15) is 4.79 Å². The number of carbonyl (C=O) groups is 1. The molecule has 126 valence electrons. The summed E-state index contributed by atoms with van der Waals surface area (Å²) in [4.78, 5) is 14.5. The van der Waals surface area contributed by atoms with Crippen LogP contribution in [0.25, 0.3) is 0 Å². The summed E-state index contributed by atoms with van der Waals surface area (Å²) in [5, 5.41) is 3.00. The lowest BCUT2D eigenvalue weighted by molar-refractivity contribution is -0.116. The van der Waals surface area contributed by atoms with Crippen LogP contribution in [0, 0.1) is 6.92 Å². The van der Waals surface area contributed by atoms with Crippen molar-refractivity contribution in [2.45, 2.75) is 39.0 Å². The summed E-state index contributed by atoms with van der Waals surface area (Å²) in [6.07, 6.45) is 5.18. The van der Waals surface area contributed by atoms with Crippen molar-refractivity contribution in [2.24, 2.45) is 0 Å². The van der Waals surface area contributed by atoms with E-state index in [1.54, 1.807) is 0 Å². The molecule has 3 rings (SSSR count). The fraction of sp³-hybridized carbons (Fsp3) is 0.381. The molecule has 0 atom stereocenters. The van der Waals surface area contributed by atoms with Gasteiger partial charge in [0, 0.05) is 30.9 Å². The molecule has 1 heterocycles. The van der Waals surface area contributed by atoms with Crippen LogP contribution in [0.15, 0.2) is 48.5 Å². The molecule has 3 heteroatoms. The van der Waals surface area contributed by atoms with Gasteiger partial charge in [-0.1, -0.05) is 29.8 Å². The molecule has 24 heavy (non-hydrogen) atoms. The van der Waals surface area contributed by atoms with Crippen molar-refractivity contribution in [2.75, 3.05) is 23.3 Å². The molecule has 1 saturated heterocycles. The number of nitrogens with one attached hydrogen (secondary N) is 1. The van der Waals surface area contributed by atoms with Crippen LogP contribution in [0.5, 0.6) is 0 Å². The Bertz CT molecular complexity index is 655. The van der Waals surface area contributed by atoms with Gasteiger partial charge in [0.2, 0.25) is 5.91 Å². The second kappa shape index (κ2) is 8.00. The number of carbonyl (C=O) groups excluding carboxylic acids is 1. The van der Waals surface area contributed by atoms with Crippen LogP contribution in [-0.4, -0.2) is 19.0 Å². The number of nitrogens with zero attached hydrogens (tertiary/aromatic N) is 1. The van der Waals surface area contributed by atoms with Crippen LogP contribution in [-0.2, 0) is 11.2 Å². The largest absolute Gasteiger partial charge is 0.372 e. The Labute approximate surface area is 144 Å². The predicted octanol–water partition coefficient (Wildman–Crippen LogP) is 4.56. The van der Waals surface area contributed by atoms with E-state index in [0.29, 0.717) is 6.42 Å². The number of anilines is 2. The second-order valence-corrected chi connectivity index (χ2v) is 6.63. The summed E-state index contributed by atoms with van der Waals surface area (Å²) < 4.78 is 0. The van der Waals surface area contributed by atoms with Gasteiger partial charge in [-0.05, 0) is 62.4 Å². The number of benzene rings is 2. The number of hydrogen-bond donors (Lipinski definition) is 1. The molecule has 0 unspecified atom stereocenters. The molecule has 0 aliphatic carbocycles. The van der Waals surface area contributed by atoms with E-state index < -0.39 is 0 Å². The Hall–Kier alpha value is -2.29. The van der Waals surface area contributed by atoms with Gasteiger partial charge in [0.15, 0.2) is 0 Å². The molecular formula is C21H26N2O. The first-order valence-corrected chi connectivity index (χ1v) is 8.91. The molecule has 0 radical (unpaired) electrons. The van der Waals surface area contributed by atoms with Crippen molar-refractivity contribution in [1.82, 2.24) is 0 Å². The average Bonchev–Trinajstić information content (AvgIpc) is 2.63. The highest BCUT2D eigenvalue weighted by atomic mass is 16.1. The molecule has 3 nitrogen and oxygen atoms in total. The first kappa shape index (κ1) is 16.6. The molecule has 0 aromatic heterocycles. The highest BCUT2D eigenvalue weighted by molar-refractivity contribution is 5.91. The lowest BCUT2D eigenvalue weighted by Crippen LogP contribution is -2.29. The van der Waals surface area contributed by atoms with Crippen molar-refractivity contribution < 1.29 is 4.79 Å². The number of rotatable bonds is 5. The topological polar surface area (TPSA) is 32.3 Å². The predicted molar refractivity (Wildman–Crippen MR) is 101 cm³/mol. The molecule has 0 spiro atoms. The minimum Gasteiger partial charge on any atom is -0.372 e. The first-order valence-electron chi connectivity index (χ1n) is 8.91. The lowest BCUT2D eigenvalue weighted by atomic mass is 10.1. The quantitative estimate of drug-likeness (QED) is 0.875. The Morgan fingerprint density at radius 1 is 0.958 bits per heavy atom. The van der Waals surface area contributed by atoms with Gasteiger partial charge in [-0.2, -0.15) is 0 Å². The maximum Gasteiger partial charge on any atom is 0.224 e. The van der Waals surface area contributed by atoms with E-state index in [1.165, 1.54) is 36.1 Å². The first-order chi connectivity index (χ1) is 11.7. The minimum atomic E-state index is 0.0706. The highest BCUT2D eigenvalue weighted by Crippen LogP contribution is 2.22. The fourth-order valence-corrected chi connectivity index (χ4v) is 3.14. The molecule has 1 N–H and O–H groups in total. The number of piperidine rings is 1. The van der Waals surface area contributed by atoms with Gasteiger partial charge in [-0.3, -0.25) is 4.79 Å². The monoisotopic (exact) mass is 322 g/mol. The highest BCUT2D eigenvalue weighted by Gasteiger charge is 2.11. The molecule has 0 saturated carbocycles. The Morgan fingerprint density at radius 3 is 2.29 bits per heavy atom. The van der Waals surface area contributed by atoms with Gasteiger partial charge < -0.3 is 10.2 Å². The summed E-state index contributed by atoms with van der Waals surface area (Å²) in [6, 6.07) is 16.6. The van der Waals surface area contributed by atoms with Crippen LogP contribution in [0.3, 0.4) is 0 Å². The van der Waals surface area contributed by atoms with Gasteiger partial charge in [-0.15, -0.1) is 0 Å². The Morgan fingerprint density at radius 2 is 1.62 bits per heavy atom. The van der Waals surface area contributed by atoms with Crippen LogP contribution in [0.1, 0.15) is 36.8 Å². The van der Waals surface area contributed by atoms with E-state index in [1.807, 2.05) is 12.1 Å². The summed E-state index contributed by atoms with van der Waals surface area (Å²) in [5.41, 5.74) is 4.59. The van der Waals surface area contributed by atoms with E-state index in [2.05, 4.69) is 53.5 Å². The zero-order chi connectivity index (χ0) is 16.8. The molecule has 1 amide bonds. The van der Waals surface area contributed by atoms with Crippen LogP contribution in [0.4, 0.5) is 11.4 Å². The normalized spacial score (nSPS) is 14.5. The maximum absolute atomic E-state index is 12.1. The third-order valence-corrected chi connectivity index (χ3v) is 4.63. The number of aryl methyl sites for hydroxylation is 2. The van der Waals surface area contributed by atoms with Gasteiger partial charge >= 0.3 is 0 Å². The molecule has 2 aromatic rings. The van der Waals surface area contributed by atoms with E-state index in [4.69, 9.17) is 0 Å². The molecule has 1 aliphatic rings. The van der Waals surface area contributed by atoms with Gasteiger partial charge in [-0.25, -0.2) is 0 Å². The van der Waals surface area contributed by atoms with Gasteiger partial charge in [0.05, 0.1) is 0 Å². The smallest absolute Gasteiger partial charge is 0.224 e.